The molecule has 2 bridgehead atoms. The molecule has 122 valence electrons. The van der Waals surface area contributed by atoms with Gasteiger partial charge in [-0.2, -0.15) is 0 Å². The fourth-order valence-electron chi connectivity index (χ4n) is 4.28. The Hall–Kier alpha value is -1.39. The van der Waals surface area contributed by atoms with Crippen LogP contribution in [0.1, 0.15) is 31.7 Å². The summed E-state index contributed by atoms with van der Waals surface area (Å²) in [5, 5.41) is 18.8. The second-order valence-corrected chi connectivity index (χ2v) is 6.85. The van der Waals surface area contributed by atoms with Crippen LogP contribution < -0.4 is 0 Å². The molecule has 0 heterocycles. The van der Waals surface area contributed by atoms with Crippen LogP contribution in [0.3, 0.4) is 0 Å². The molecular weight excluding hydrogens is 278 g/mol. The van der Waals surface area contributed by atoms with E-state index in [-0.39, 0.29) is 0 Å². The molecule has 2 aliphatic carbocycles. The SMILES string of the molecule is CC(=O)O.CN(C)C[C@H]1[C@@H]2CC[C@@H](C2)[C@@]1(O)c1ccccc1. The minimum Gasteiger partial charge on any atom is -0.481 e. The number of carboxylic acids is 1. The standard InChI is InChI=1S/C16H23NO.C2H4O2/c1-17(2)11-15-12-8-9-14(10-12)16(15,18)13-6-4-3-5-7-13;1-2(3)4/h3-7,12,14-15,18H,8-11H2,1-2H3;1H3,(H,3,4)/t12-,14+,15+,16+;/m1./s1. The summed E-state index contributed by atoms with van der Waals surface area (Å²) >= 11 is 0. The van der Waals surface area contributed by atoms with Gasteiger partial charge in [-0.1, -0.05) is 30.3 Å². The van der Waals surface area contributed by atoms with Crippen LogP contribution in [-0.2, 0) is 10.4 Å². The Balaban J connectivity index is 0.000000396. The number of fused-ring (bicyclic) bond motifs is 2. The lowest BCUT2D eigenvalue weighted by Crippen LogP contribution is -2.45. The van der Waals surface area contributed by atoms with Gasteiger partial charge in [-0.3, -0.25) is 4.79 Å². The van der Waals surface area contributed by atoms with E-state index in [1.54, 1.807) is 0 Å². The van der Waals surface area contributed by atoms with E-state index in [0.717, 1.165) is 19.0 Å². The average molecular weight is 305 g/mol. The van der Waals surface area contributed by atoms with E-state index in [1.807, 2.05) is 18.2 Å². The number of hydrogen-bond donors (Lipinski definition) is 2. The number of aliphatic carboxylic acids is 1. The smallest absolute Gasteiger partial charge is 0.300 e. The second kappa shape index (κ2) is 6.80. The van der Waals surface area contributed by atoms with Crippen LogP contribution in [-0.4, -0.2) is 41.7 Å². The number of carbonyl (C=O) groups is 1. The van der Waals surface area contributed by atoms with Crippen molar-refractivity contribution in [1.82, 2.24) is 4.90 Å². The maximum Gasteiger partial charge on any atom is 0.300 e. The van der Waals surface area contributed by atoms with Crippen molar-refractivity contribution < 1.29 is 15.0 Å². The first-order valence-electron chi connectivity index (χ1n) is 7.97. The largest absolute Gasteiger partial charge is 0.481 e. The summed E-state index contributed by atoms with van der Waals surface area (Å²) in [6.45, 7) is 2.08. The maximum absolute atomic E-state index is 11.3. The molecule has 0 aliphatic heterocycles. The van der Waals surface area contributed by atoms with Crippen molar-refractivity contribution in [3.8, 4) is 0 Å². The molecule has 2 N–H and O–H groups in total. The topological polar surface area (TPSA) is 60.8 Å². The van der Waals surface area contributed by atoms with Gasteiger partial charge >= 0.3 is 0 Å². The maximum atomic E-state index is 11.3. The van der Waals surface area contributed by atoms with Gasteiger partial charge in [-0.15, -0.1) is 0 Å². The van der Waals surface area contributed by atoms with E-state index >= 15 is 0 Å². The number of rotatable bonds is 3. The minimum absolute atomic E-state index is 0.397. The molecule has 1 aromatic carbocycles. The van der Waals surface area contributed by atoms with Crippen molar-refractivity contribution in [2.75, 3.05) is 20.6 Å². The lowest BCUT2D eigenvalue weighted by atomic mass is 9.71. The molecule has 0 amide bonds. The Bertz CT molecular complexity index is 498. The minimum atomic E-state index is -0.833. The van der Waals surface area contributed by atoms with Crippen LogP contribution in [0.15, 0.2) is 30.3 Å². The monoisotopic (exact) mass is 305 g/mol. The van der Waals surface area contributed by atoms with Crippen molar-refractivity contribution in [2.24, 2.45) is 17.8 Å². The van der Waals surface area contributed by atoms with Gasteiger partial charge in [0, 0.05) is 19.4 Å². The summed E-state index contributed by atoms with van der Waals surface area (Å²) in [5.74, 6) is 0.742. The Morgan fingerprint density at radius 2 is 1.86 bits per heavy atom. The van der Waals surface area contributed by atoms with Gasteiger partial charge in [-0.05, 0) is 50.8 Å². The average Bonchev–Trinajstić information content (AvgIpc) is 3.02. The highest BCUT2D eigenvalue weighted by Crippen LogP contribution is 2.59. The summed E-state index contributed by atoms with van der Waals surface area (Å²) in [6.07, 6.45) is 3.71. The van der Waals surface area contributed by atoms with E-state index in [0.29, 0.717) is 17.8 Å². The van der Waals surface area contributed by atoms with Crippen LogP contribution in [0.4, 0.5) is 0 Å². The van der Waals surface area contributed by atoms with Crippen molar-refractivity contribution in [3.05, 3.63) is 35.9 Å². The molecule has 1 aromatic rings. The Morgan fingerprint density at radius 3 is 2.41 bits per heavy atom. The van der Waals surface area contributed by atoms with E-state index in [1.165, 1.54) is 19.3 Å². The number of nitrogens with zero attached hydrogens (tertiary/aromatic N) is 1. The zero-order valence-electron chi connectivity index (χ0n) is 13.7. The van der Waals surface area contributed by atoms with E-state index in [9.17, 15) is 5.11 Å². The summed E-state index contributed by atoms with van der Waals surface area (Å²) in [7, 11) is 4.22. The highest BCUT2D eigenvalue weighted by molar-refractivity contribution is 5.62. The number of benzene rings is 1. The zero-order valence-corrected chi connectivity index (χ0v) is 13.7. The number of hydrogen-bond acceptors (Lipinski definition) is 3. The first-order chi connectivity index (χ1) is 10.4. The Kier molecular flexibility index (Phi) is 5.24. The molecule has 4 heteroatoms. The number of aliphatic hydroxyl groups is 1. The van der Waals surface area contributed by atoms with Crippen molar-refractivity contribution >= 4 is 5.97 Å². The van der Waals surface area contributed by atoms with Gasteiger partial charge in [0.25, 0.3) is 5.97 Å². The third-order valence-corrected chi connectivity index (χ3v) is 5.03. The molecule has 3 rings (SSSR count). The molecule has 2 saturated carbocycles. The van der Waals surface area contributed by atoms with Gasteiger partial charge in [0.2, 0.25) is 0 Å². The van der Waals surface area contributed by atoms with Crippen molar-refractivity contribution in [2.45, 2.75) is 31.8 Å². The lowest BCUT2D eigenvalue weighted by Gasteiger charge is -2.41. The Labute approximate surface area is 132 Å². The Morgan fingerprint density at radius 1 is 1.27 bits per heavy atom. The molecule has 22 heavy (non-hydrogen) atoms. The first kappa shape index (κ1) is 17.0. The van der Waals surface area contributed by atoms with E-state index in [4.69, 9.17) is 9.90 Å². The second-order valence-electron chi connectivity index (χ2n) is 6.85. The molecular formula is C18H27NO3. The summed E-state index contributed by atoms with van der Waals surface area (Å²) < 4.78 is 0. The lowest BCUT2D eigenvalue weighted by molar-refractivity contribution is -0.134. The van der Waals surface area contributed by atoms with Crippen LogP contribution in [0.2, 0.25) is 0 Å². The van der Waals surface area contributed by atoms with E-state index in [2.05, 4.69) is 31.1 Å². The summed E-state index contributed by atoms with van der Waals surface area (Å²) in [5.41, 5.74) is 0.540. The van der Waals surface area contributed by atoms with Gasteiger partial charge < -0.3 is 15.1 Å². The first-order valence-corrected chi connectivity index (χ1v) is 7.97. The highest BCUT2D eigenvalue weighted by Gasteiger charge is 2.57. The normalized spacial score (nSPS) is 32.7. The quantitative estimate of drug-likeness (QED) is 0.901. The molecule has 4 atom stereocenters. The predicted octanol–water partition coefficient (Wildman–Crippen LogP) is 2.57. The summed E-state index contributed by atoms with van der Waals surface area (Å²) in [6, 6.07) is 10.3. The highest BCUT2D eigenvalue weighted by atomic mass is 16.4. The fraction of sp³-hybridized carbons (Fsp3) is 0.611. The van der Waals surface area contributed by atoms with E-state index < -0.39 is 11.6 Å². The van der Waals surface area contributed by atoms with Gasteiger partial charge in [0.05, 0.1) is 5.60 Å². The van der Waals surface area contributed by atoms with Crippen LogP contribution in [0.25, 0.3) is 0 Å². The fourth-order valence-corrected chi connectivity index (χ4v) is 4.28. The summed E-state index contributed by atoms with van der Waals surface area (Å²) in [4.78, 5) is 11.2. The number of carboxylic acid groups (broad SMARTS) is 1. The van der Waals surface area contributed by atoms with Crippen LogP contribution in [0.5, 0.6) is 0 Å². The third-order valence-electron chi connectivity index (χ3n) is 5.03. The van der Waals surface area contributed by atoms with Gasteiger partial charge in [0.15, 0.2) is 0 Å². The molecule has 0 saturated heterocycles. The molecule has 0 spiro atoms. The molecule has 0 radical (unpaired) electrons. The molecule has 0 unspecified atom stereocenters. The molecule has 4 nitrogen and oxygen atoms in total. The molecule has 2 aliphatic rings. The van der Waals surface area contributed by atoms with Gasteiger partial charge in [-0.25, -0.2) is 0 Å². The van der Waals surface area contributed by atoms with Crippen LogP contribution in [0, 0.1) is 17.8 Å². The van der Waals surface area contributed by atoms with Gasteiger partial charge in [0.1, 0.15) is 0 Å². The molecule has 2 fully saturated rings. The van der Waals surface area contributed by atoms with Crippen molar-refractivity contribution in [3.63, 3.8) is 0 Å². The predicted molar refractivity (Wildman–Crippen MR) is 86.5 cm³/mol. The third kappa shape index (κ3) is 3.33. The van der Waals surface area contributed by atoms with Crippen LogP contribution >= 0.6 is 0 Å². The van der Waals surface area contributed by atoms with Crippen molar-refractivity contribution in [1.29, 1.82) is 0 Å². The molecule has 0 aromatic heterocycles. The zero-order chi connectivity index (χ0) is 16.3.